The van der Waals surface area contributed by atoms with Gasteiger partial charge in [-0.1, -0.05) is 242 Å². The number of allylic oxidation sites excluding steroid dienone is 28. The molecule has 0 aliphatic rings. The Morgan fingerprint density at radius 3 is 0.832 bits per heavy atom. The van der Waals surface area contributed by atoms with Crippen molar-refractivity contribution in [2.24, 2.45) is 0 Å². The molecule has 0 spiro atoms. The second-order valence-electron chi connectivity index (χ2n) is 22.9. The minimum absolute atomic E-state index is 0.0639. The maximum atomic E-state index is 12.9. The molecule has 4 N–H and O–H groups in total. The van der Waals surface area contributed by atoms with E-state index in [0.717, 1.165) is 180 Å². The number of hydrogen-bond donors (Lipinski definition) is 4. The molecule has 0 aromatic heterocycles. The molecule has 0 aliphatic heterocycles. The molecule has 5 atom stereocenters. The Morgan fingerprint density at radius 1 is 0.295 bits per heavy atom. The van der Waals surface area contributed by atoms with E-state index in [-0.39, 0.29) is 19.3 Å². The summed E-state index contributed by atoms with van der Waals surface area (Å²) < 4.78 is 60.9. The van der Waals surface area contributed by atoms with Gasteiger partial charge in [0.2, 0.25) is 0 Å². The molecule has 0 aliphatic carbocycles. The highest BCUT2D eigenvalue weighted by Gasteiger charge is 2.29. The van der Waals surface area contributed by atoms with E-state index in [1.807, 2.05) is 0 Å². The summed E-state index contributed by atoms with van der Waals surface area (Å²) in [6, 6.07) is 0. The summed E-state index contributed by atoms with van der Waals surface area (Å²) >= 11 is 0. The third kappa shape index (κ3) is 70.1. The van der Waals surface area contributed by atoms with E-state index in [2.05, 4.69) is 191 Å². The highest BCUT2D eigenvalue weighted by molar-refractivity contribution is 7.47. The first-order valence-corrected chi connectivity index (χ1v) is 38.4. The minimum atomic E-state index is -4.95. The first-order chi connectivity index (χ1) is 46.2. The van der Waals surface area contributed by atoms with Gasteiger partial charge in [0, 0.05) is 19.3 Å². The maximum Gasteiger partial charge on any atom is 0.472 e. The number of ether oxygens (including phenoxy) is 3. The van der Waals surface area contributed by atoms with Crippen molar-refractivity contribution < 1.29 is 75.8 Å². The lowest BCUT2D eigenvalue weighted by Crippen LogP contribution is -2.30. The van der Waals surface area contributed by atoms with Crippen LogP contribution in [-0.4, -0.2) is 95.9 Å². The fourth-order valence-corrected chi connectivity index (χ4v) is 10.2. The molecule has 0 rings (SSSR count). The summed E-state index contributed by atoms with van der Waals surface area (Å²) in [5, 5.41) is 20.6. The molecule has 95 heavy (non-hydrogen) atoms. The van der Waals surface area contributed by atoms with E-state index in [1.54, 1.807) is 0 Å². The zero-order valence-corrected chi connectivity index (χ0v) is 60.1. The van der Waals surface area contributed by atoms with E-state index in [0.29, 0.717) is 19.3 Å². The lowest BCUT2D eigenvalue weighted by molar-refractivity contribution is -0.161. The van der Waals surface area contributed by atoms with Crippen LogP contribution in [0.5, 0.6) is 0 Å². The predicted octanol–water partition coefficient (Wildman–Crippen LogP) is 20.1. The van der Waals surface area contributed by atoms with Crippen molar-refractivity contribution in [1.29, 1.82) is 0 Å². The van der Waals surface area contributed by atoms with Crippen molar-refractivity contribution in [1.82, 2.24) is 0 Å². The molecule has 0 radical (unpaired) electrons. The predicted molar refractivity (Wildman–Crippen MR) is 389 cm³/mol. The summed E-state index contributed by atoms with van der Waals surface area (Å²) in [6.07, 6.45) is 85.4. The Bertz CT molecular complexity index is 2410. The van der Waals surface area contributed by atoms with E-state index in [4.69, 9.17) is 32.3 Å². The quantitative estimate of drug-likeness (QED) is 0.0146. The topological polar surface area (TPSA) is 231 Å². The number of aliphatic hydroxyl groups excluding tert-OH is 2. The SMILES string of the molecule is CC/C=C\C/C=C\C/C=C\C/C=C\C/C=C\C/C=C\CCCCCCCCC(=O)OCC(O)COP(=O)(O)OCC(O)COP(=O)(O)OCC(COC(=O)CCCCCC/C=C\C/C=C\C/C=C\C/C=C\CC)OC(=O)CCCCCC/C=C\C/C=C\C/C=C\C/C=C\CC. The van der Waals surface area contributed by atoms with Gasteiger partial charge in [-0.15, -0.1) is 0 Å². The zero-order valence-electron chi connectivity index (χ0n) is 58.3. The summed E-state index contributed by atoms with van der Waals surface area (Å²) in [6.45, 7) is 2.22. The summed E-state index contributed by atoms with van der Waals surface area (Å²) in [7, 11) is -9.82. The Morgan fingerprint density at radius 2 is 0.526 bits per heavy atom. The third-order valence-electron chi connectivity index (χ3n) is 13.9. The Hall–Kier alpha value is -5.09. The van der Waals surface area contributed by atoms with Crippen LogP contribution < -0.4 is 0 Å². The summed E-state index contributed by atoms with van der Waals surface area (Å²) in [4.78, 5) is 58.5. The van der Waals surface area contributed by atoms with Gasteiger partial charge in [-0.25, -0.2) is 9.13 Å². The second-order valence-corrected chi connectivity index (χ2v) is 25.8. The van der Waals surface area contributed by atoms with Crippen LogP contribution in [0.1, 0.15) is 239 Å². The van der Waals surface area contributed by atoms with Gasteiger partial charge in [0.15, 0.2) is 6.10 Å². The van der Waals surface area contributed by atoms with Gasteiger partial charge in [0.1, 0.15) is 25.4 Å². The molecular formula is C77H124O16P2. The Kier molecular flexibility index (Phi) is 65.1. The first kappa shape index (κ1) is 89.9. The first-order valence-electron chi connectivity index (χ1n) is 35.4. The lowest BCUT2D eigenvalue weighted by atomic mass is 10.1. The summed E-state index contributed by atoms with van der Waals surface area (Å²) in [5.41, 5.74) is 0. The molecule has 538 valence electrons. The van der Waals surface area contributed by atoms with Gasteiger partial charge in [0.05, 0.1) is 26.4 Å². The van der Waals surface area contributed by atoms with Gasteiger partial charge >= 0.3 is 33.6 Å². The third-order valence-corrected chi connectivity index (χ3v) is 15.8. The largest absolute Gasteiger partial charge is 0.472 e. The molecule has 0 heterocycles. The van der Waals surface area contributed by atoms with Crippen LogP contribution in [0.15, 0.2) is 170 Å². The van der Waals surface area contributed by atoms with Gasteiger partial charge in [-0.2, -0.15) is 0 Å². The molecule has 0 amide bonds. The molecular weight excluding hydrogens is 1240 g/mol. The normalized spacial score (nSPS) is 15.1. The van der Waals surface area contributed by atoms with E-state index in [9.17, 15) is 43.5 Å². The zero-order chi connectivity index (χ0) is 69.5. The highest BCUT2D eigenvalue weighted by atomic mass is 31.2. The van der Waals surface area contributed by atoms with Crippen LogP contribution in [0.4, 0.5) is 0 Å². The number of unbranched alkanes of at least 4 members (excludes halogenated alkanes) is 14. The smallest absolute Gasteiger partial charge is 0.463 e. The molecule has 0 aromatic carbocycles. The average molecular weight is 1370 g/mol. The molecule has 0 aromatic rings. The van der Waals surface area contributed by atoms with Gasteiger partial charge in [-0.3, -0.25) is 32.5 Å². The maximum absolute atomic E-state index is 12.9. The minimum Gasteiger partial charge on any atom is -0.463 e. The molecule has 5 unspecified atom stereocenters. The van der Waals surface area contributed by atoms with Gasteiger partial charge in [-0.05, 0) is 148 Å². The van der Waals surface area contributed by atoms with Crippen molar-refractivity contribution in [2.45, 2.75) is 257 Å². The van der Waals surface area contributed by atoms with Gasteiger partial charge in [0.25, 0.3) is 0 Å². The number of carbonyl (C=O) groups is 3. The fourth-order valence-electron chi connectivity index (χ4n) is 8.61. The van der Waals surface area contributed by atoms with E-state index >= 15 is 0 Å². The van der Waals surface area contributed by atoms with Crippen molar-refractivity contribution in [3.63, 3.8) is 0 Å². The Balaban J connectivity index is 4.69. The van der Waals surface area contributed by atoms with E-state index in [1.165, 1.54) is 0 Å². The lowest BCUT2D eigenvalue weighted by Gasteiger charge is -2.21. The average Bonchev–Trinajstić information content (AvgIpc) is 1.77. The number of esters is 3. The van der Waals surface area contributed by atoms with Crippen LogP contribution in [0.25, 0.3) is 0 Å². The second kappa shape index (κ2) is 68.8. The fraction of sp³-hybridized carbons (Fsp3) is 0.597. The van der Waals surface area contributed by atoms with Crippen LogP contribution in [0.3, 0.4) is 0 Å². The molecule has 0 bridgehead atoms. The molecule has 0 fully saturated rings. The molecule has 18 heteroatoms. The van der Waals surface area contributed by atoms with Crippen LogP contribution in [-0.2, 0) is 55.8 Å². The number of phosphoric acid groups is 2. The van der Waals surface area contributed by atoms with Crippen LogP contribution in [0.2, 0.25) is 0 Å². The molecule has 0 saturated heterocycles. The molecule has 16 nitrogen and oxygen atoms in total. The number of phosphoric ester groups is 2. The number of carbonyl (C=O) groups excluding carboxylic acids is 3. The molecule has 0 saturated carbocycles. The van der Waals surface area contributed by atoms with E-state index < -0.39 is 91.5 Å². The summed E-state index contributed by atoms with van der Waals surface area (Å²) in [5.74, 6) is -1.66. The van der Waals surface area contributed by atoms with Gasteiger partial charge < -0.3 is 34.2 Å². The highest BCUT2D eigenvalue weighted by Crippen LogP contribution is 2.45. The Labute approximate surface area is 573 Å². The number of hydrogen-bond acceptors (Lipinski definition) is 14. The van der Waals surface area contributed by atoms with Crippen molar-refractivity contribution in [3.05, 3.63) is 170 Å². The number of rotatable bonds is 65. The monoisotopic (exact) mass is 1370 g/mol. The van der Waals surface area contributed by atoms with Crippen molar-refractivity contribution in [3.8, 4) is 0 Å². The van der Waals surface area contributed by atoms with Crippen molar-refractivity contribution in [2.75, 3.05) is 39.6 Å². The van der Waals surface area contributed by atoms with Crippen LogP contribution in [0, 0.1) is 0 Å². The standard InChI is InChI=1S/C77H124O16P2/c1-4-7-10-13-16-19-22-25-28-31-32-33-34-35-36-37-38-41-43-45-48-51-54-57-60-63-75(80)87-66-72(78)67-89-94(83,84)90-68-73(79)69-91-95(85,86)92-71-74(93-77(82)65-62-59-56-53-50-47-44-40-30-27-24-21-18-15-12-9-6-3)70-88-76(81)64-61-58-55-52-49-46-42-39-29-26-23-20-17-14-11-8-5-2/h7-12,16-21,25-30,32-33,35-36,38,41-42,44,46-47,72-74,78-79H,4-6,13-15,22-24,31,34,37,39-40,43,45,48-71H2,1-3H3,(H,83,84)(H,85,86)/b10-7-,11-8-,12-9-,19-16-,20-17-,21-18-,28-25-,29-26-,30-27-,33-32-,36-35-,41-38-,46-42-,47-44-. The van der Waals surface area contributed by atoms with Crippen molar-refractivity contribution >= 4 is 33.6 Å². The number of aliphatic hydroxyl groups is 2. The van der Waals surface area contributed by atoms with Crippen LogP contribution >= 0.6 is 15.6 Å².